The number of nitrogens with one attached hydrogen (secondary N) is 1. The smallest absolute Gasteiger partial charge is 0.269 e. The van der Waals surface area contributed by atoms with Gasteiger partial charge in [-0.2, -0.15) is 0 Å². The fourth-order valence-corrected chi connectivity index (χ4v) is 2.59. The molecule has 0 aromatic heterocycles. The minimum absolute atomic E-state index is 0.00850. The van der Waals surface area contributed by atoms with Crippen LogP contribution in [0, 0.1) is 10.1 Å². The van der Waals surface area contributed by atoms with E-state index in [1.165, 1.54) is 12.1 Å². The molecule has 6 heteroatoms. The largest absolute Gasteiger partial charge is 0.389 e. The van der Waals surface area contributed by atoms with Gasteiger partial charge in [0.2, 0.25) is 0 Å². The predicted molar refractivity (Wildman–Crippen MR) is 74.3 cm³/mol. The fraction of sp³-hybridized carbons (Fsp3) is 0.571. The Labute approximate surface area is 117 Å². The van der Waals surface area contributed by atoms with Gasteiger partial charge in [0.1, 0.15) is 0 Å². The molecule has 1 aromatic carbocycles. The third kappa shape index (κ3) is 3.75. The van der Waals surface area contributed by atoms with E-state index in [0.29, 0.717) is 18.7 Å². The Hall–Kier alpha value is -1.50. The van der Waals surface area contributed by atoms with Crippen LogP contribution in [-0.2, 0) is 0 Å². The van der Waals surface area contributed by atoms with Gasteiger partial charge < -0.3 is 15.5 Å². The van der Waals surface area contributed by atoms with Gasteiger partial charge in [-0.15, -0.1) is 0 Å². The summed E-state index contributed by atoms with van der Waals surface area (Å²) in [4.78, 5) is 10.1. The molecule has 0 saturated heterocycles. The van der Waals surface area contributed by atoms with Crippen LogP contribution in [0.3, 0.4) is 0 Å². The van der Waals surface area contributed by atoms with Crippen molar-refractivity contribution in [3.05, 3.63) is 39.9 Å². The maximum Gasteiger partial charge on any atom is 0.269 e. The summed E-state index contributed by atoms with van der Waals surface area (Å²) in [5, 5.41) is 33.8. The van der Waals surface area contributed by atoms with E-state index in [-0.39, 0.29) is 5.69 Å². The average Bonchev–Trinajstić information content (AvgIpc) is 2.85. The number of aliphatic hydroxyl groups is 2. The lowest BCUT2D eigenvalue weighted by molar-refractivity contribution is -0.384. The van der Waals surface area contributed by atoms with Crippen molar-refractivity contribution in [2.75, 3.05) is 13.1 Å². The van der Waals surface area contributed by atoms with E-state index in [1.807, 2.05) is 0 Å². The zero-order valence-corrected chi connectivity index (χ0v) is 11.3. The summed E-state index contributed by atoms with van der Waals surface area (Å²) in [5.74, 6) is 0. The van der Waals surface area contributed by atoms with E-state index in [4.69, 9.17) is 0 Å². The van der Waals surface area contributed by atoms with Crippen LogP contribution in [0.15, 0.2) is 24.3 Å². The van der Waals surface area contributed by atoms with Crippen LogP contribution in [0.5, 0.6) is 0 Å². The number of nitrogens with zero attached hydrogens (tertiary/aromatic N) is 1. The summed E-state index contributed by atoms with van der Waals surface area (Å²) >= 11 is 0. The molecule has 110 valence electrons. The number of nitro groups is 1. The molecule has 3 N–H and O–H groups in total. The standard InChI is InChI=1S/C14H20N2O4/c17-13(9-15-10-14(18)7-1-2-8-14)11-3-5-12(6-4-11)16(19)20/h3-6,13,15,17-18H,1-2,7-10H2. The topological polar surface area (TPSA) is 95.6 Å². The first-order chi connectivity index (χ1) is 9.50. The molecule has 1 fully saturated rings. The van der Waals surface area contributed by atoms with Crippen LogP contribution in [0.4, 0.5) is 5.69 Å². The van der Waals surface area contributed by atoms with Gasteiger partial charge in [-0.05, 0) is 30.5 Å². The molecule has 1 aliphatic carbocycles. The van der Waals surface area contributed by atoms with Crippen molar-refractivity contribution in [2.45, 2.75) is 37.4 Å². The molecular weight excluding hydrogens is 260 g/mol. The van der Waals surface area contributed by atoms with Crippen molar-refractivity contribution in [1.82, 2.24) is 5.32 Å². The van der Waals surface area contributed by atoms with Gasteiger partial charge in [0, 0.05) is 25.2 Å². The summed E-state index contributed by atoms with van der Waals surface area (Å²) in [6.45, 7) is 0.789. The van der Waals surface area contributed by atoms with E-state index < -0.39 is 16.6 Å². The number of non-ortho nitro benzene ring substituents is 1. The number of hydrogen-bond acceptors (Lipinski definition) is 5. The zero-order chi connectivity index (χ0) is 14.6. The lowest BCUT2D eigenvalue weighted by Gasteiger charge is -2.23. The van der Waals surface area contributed by atoms with Crippen molar-refractivity contribution in [3.8, 4) is 0 Å². The SMILES string of the molecule is O=[N+]([O-])c1ccc(C(O)CNCC2(O)CCCC2)cc1. The molecule has 0 spiro atoms. The molecular formula is C14H20N2O4. The molecule has 1 aromatic rings. The number of aliphatic hydroxyl groups excluding tert-OH is 1. The normalized spacial score (nSPS) is 18.9. The summed E-state index contributed by atoms with van der Waals surface area (Å²) in [6, 6.07) is 5.86. The maximum absolute atomic E-state index is 10.5. The molecule has 1 unspecified atom stereocenters. The summed E-state index contributed by atoms with van der Waals surface area (Å²) in [7, 11) is 0. The highest BCUT2D eigenvalue weighted by Crippen LogP contribution is 2.28. The Balaban J connectivity index is 1.82. The van der Waals surface area contributed by atoms with Gasteiger partial charge in [0.25, 0.3) is 5.69 Å². The molecule has 1 saturated carbocycles. The fourth-order valence-electron chi connectivity index (χ4n) is 2.59. The molecule has 0 radical (unpaired) electrons. The van der Waals surface area contributed by atoms with Crippen LogP contribution >= 0.6 is 0 Å². The third-order valence-electron chi connectivity index (χ3n) is 3.81. The quantitative estimate of drug-likeness (QED) is 0.542. The van der Waals surface area contributed by atoms with Gasteiger partial charge in [-0.25, -0.2) is 0 Å². The van der Waals surface area contributed by atoms with E-state index >= 15 is 0 Å². The number of rotatable bonds is 6. The molecule has 1 aliphatic rings. The number of nitro benzene ring substituents is 1. The molecule has 1 atom stereocenters. The first-order valence-electron chi connectivity index (χ1n) is 6.86. The predicted octanol–water partition coefficient (Wildman–Crippen LogP) is 1.52. The second-order valence-electron chi connectivity index (χ2n) is 5.43. The van der Waals surface area contributed by atoms with E-state index in [1.54, 1.807) is 12.1 Å². The van der Waals surface area contributed by atoms with Crippen molar-refractivity contribution in [2.24, 2.45) is 0 Å². The molecule has 2 rings (SSSR count). The molecule has 6 nitrogen and oxygen atoms in total. The summed E-state index contributed by atoms with van der Waals surface area (Å²) in [6.07, 6.45) is 2.95. The van der Waals surface area contributed by atoms with Gasteiger partial charge >= 0.3 is 0 Å². The van der Waals surface area contributed by atoms with Crippen molar-refractivity contribution < 1.29 is 15.1 Å². The Morgan fingerprint density at radius 1 is 1.30 bits per heavy atom. The highest BCUT2D eigenvalue weighted by atomic mass is 16.6. The van der Waals surface area contributed by atoms with Crippen LogP contribution in [0.25, 0.3) is 0 Å². The maximum atomic E-state index is 10.5. The van der Waals surface area contributed by atoms with Gasteiger partial charge in [0.15, 0.2) is 0 Å². The van der Waals surface area contributed by atoms with Crippen molar-refractivity contribution >= 4 is 5.69 Å². The zero-order valence-electron chi connectivity index (χ0n) is 11.3. The Kier molecular flexibility index (Phi) is 4.69. The lowest BCUT2D eigenvalue weighted by atomic mass is 10.0. The first kappa shape index (κ1) is 14.9. The molecule has 20 heavy (non-hydrogen) atoms. The van der Waals surface area contributed by atoms with E-state index in [2.05, 4.69) is 5.32 Å². The van der Waals surface area contributed by atoms with Crippen LogP contribution < -0.4 is 5.32 Å². The summed E-state index contributed by atoms with van der Waals surface area (Å²) in [5.41, 5.74) is -0.00876. The average molecular weight is 280 g/mol. The van der Waals surface area contributed by atoms with Crippen LogP contribution in [0.1, 0.15) is 37.4 Å². The highest BCUT2D eigenvalue weighted by molar-refractivity contribution is 5.33. The summed E-state index contributed by atoms with van der Waals surface area (Å²) < 4.78 is 0. The Morgan fingerprint density at radius 2 is 1.90 bits per heavy atom. The monoisotopic (exact) mass is 280 g/mol. The third-order valence-corrected chi connectivity index (χ3v) is 3.81. The number of benzene rings is 1. The number of hydrogen-bond donors (Lipinski definition) is 3. The van der Waals surface area contributed by atoms with E-state index in [9.17, 15) is 20.3 Å². The molecule has 0 heterocycles. The highest BCUT2D eigenvalue weighted by Gasteiger charge is 2.30. The second kappa shape index (κ2) is 6.30. The minimum Gasteiger partial charge on any atom is -0.389 e. The molecule has 0 bridgehead atoms. The van der Waals surface area contributed by atoms with Crippen molar-refractivity contribution in [1.29, 1.82) is 0 Å². The lowest BCUT2D eigenvalue weighted by Crippen LogP contribution is -2.39. The molecule has 0 amide bonds. The van der Waals surface area contributed by atoms with Gasteiger partial charge in [-0.1, -0.05) is 12.8 Å². The first-order valence-corrected chi connectivity index (χ1v) is 6.86. The van der Waals surface area contributed by atoms with Gasteiger partial charge in [0.05, 0.1) is 16.6 Å². The van der Waals surface area contributed by atoms with Crippen LogP contribution in [-0.4, -0.2) is 33.8 Å². The minimum atomic E-state index is -0.735. The van der Waals surface area contributed by atoms with Crippen LogP contribution in [0.2, 0.25) is 0 Å². The van der Waals surface area contributed by atoms with Crippen molar-refractivity contribution in [3.63, 3.8) is 0 Å². The second-order valence-corrected chi connectivity index (χ2v) is 5.43. The van der Waals surface area contributed by atoms with Gasteiger partial charge in [-0.3, -0.25) is 10.1 Å². The van der Waals surface area contributed by atoms with E-state index in [0.717, 1.165) is 25.7 Å². The Bertz CT molecular complexity index is 455. The Morgan fingerprint density at radius 3 is 2.45 bits per heavy atom. The molecule has 0 aliphatic heterocycles.